The summed E-state index contributed by atoms with van der Waals surface area (Å²) in [4.78, 5) is 32.1. The molecule has 0 aliphatic heterocycles. The van der Waals surface area contributed by atoms with Gasteiger partial charge in [0.15, 0.2) is 5.78 Å². The molecule has 1 aromatic heterocycles. The van der Waals surface area contributed by atoms with Crippen molar-refractivity contribution in [2.45, 2.75) is 39.0 Å². The lowest BCUT2D eigenvalue weighted by Crippen LogP contribution is -2.26. The lowest BCUT2D eigenvalue weighted by molar-refractivity contribution is 0.0947. The van der Waals surface area contributed by atoms with Crippen LogP contribution in [0.1, 0.15) is 59.9 Å². The van der Waals surface area contributed by atoms with Gasteiger partial charge in [0.1, 0.15) is 11.5 Å². The van der Waals surface area contributed by atoms with Gasteiger partial charge in [0.25, 0.3) is 5.91 Å². The Bertz CT molecular complexity index is 844. The van der Waals surface area contributed by atoms with E-state index in [2.05, 4.69) is 26.7 Å². The molecule has 0 radical (unpaired) electrons. The fourth-order valence-electron chi connectivity index (χ4n) is 3.03. The molecule has 1 heterocycles. The molecule has 1 amide bonds. The molecule has 0 unspecified atom stereocenters. The molecule has 3 rings (SSSR count). The van der Waals surface area contributed by atoms with E-state index >= 15 is 0 Å². The molecular formula is C21H24N4O2. The first-order valence-electron chi connectivity index (χ1n) is 9.28. The standard InChI is InChI=1S/C21H24N4O2/c1-15(26)17-8-5-9-18(12-17)25-20-14-23-19(13-24-20)21(27)22-11-10-16-6-3-2-4-7-16/h5-6,8-9,12-14H,2-4,7,10-11H2,1H3,(H,22,27)(H,24,25). The summed E-state index contributed by atoms with van der Waals surface area (Å²) in [7, 11) is 0. The lowest BCUT2D eigenvalue weighted by atomic mass is 9.97. The predicted octanol–water partition coefficient (Wildman–Crippen LogP) is 4.04. The van der Waals surface area contributed by atoms with Gasteiger partial charge in [0.05, 0.1) is 12.4 Å². The third-order valence-electron chi connectivity index (χ3n) is 4.54. The van der Waals surface area contributed by atoms with E-state index < -0.39 is 0 Å². The highest BCUT2D eigenvalue weighted by molar-refractivity contribution is 5.95. The average Bonchev–Trinajstić information content (AvgIpc) is 2.69. The van der Waals surface area contributed by atoms with Gasteiger partial charge in [-0.25, -0.2) is 9.97 Å². The number of nitrogens with one attached hydrogen (secondary N) is 2. The van der Waals surface area contributed by atoms with Crippen LogP contribution in [0.15, 0.2) is 48.3 Å². The Hall–Kier alpha value is -3.02. The highest BCUT2D eigenvalue weighted by Crippen LogP contribution is 2.19. The highest BCUT2D eigenvalue weighted by Gasteiger charge is 2.09. The molecule has 0 bridgehead atoms. The molecule has 27 heavy (non-hydrogen) atoms. The summed E-state index contributed by atoms with van der Waals surface area (Å²) in [5.41, 5.74) is 3.09. The van der Waals surface area contributed by atoms with E-state index in [0.29, 0.717) is 17.9 Å². The van der Waals surface area contributed by atoms with Crippen molar-refractivity contribution in [1.29, 1.82) is 0 Å². The fourth-order valence-corrected chi connectivity index (χ4v) is 3.03. The number of amides is 1. The second-order valence-electron chi connectivity index (χ2n) is 6.66. The number of carbonyl (C=O) groups excluding carboxylic acids is 2. The number of Topliss-reactive ketones (excluding diaryl/α,β-unsaturated/α-hetero) is 1. The zero-order valence-electron chi connectivity index (χ0n) is 15.5. The second kappa shape index (κ2) is 9.07. The first-order chi connectivity index (χ1) is 13.1. The van der Waals surface area contributed by atoms with Crippen molar-refractivity contribution >= 4 is 23.2 Å². The molecule has 0 fully saturated rings. The number of rotatable bonds is 7. The van der Waals surface area contributed by atoms with Gasteiger partial charge in [-0.3, -0.25) is 9.59 Å². The van der Waals surface area contributed by atoms with Gasteiger partial charge < -0.3 is 10.6 Å². The maximum Gasteiger partial charge on any atom is 0.271 e. The van der Waals surface area contributed by atoms with E-state index in [4.69, 9.17) is 0 Å². The van der Waals surface area contributed by atoms with Crippen LogP contribution in [0, 0.1) is 0 Å². The Morgan fingerprint density at radius 3 is 2.74 bits per heavy atom. The van der Waals surface area contributed by atoms with Gasteiger partial charge in [-0.2, -0.15) is 0 Å². The number of ketones is 1. The van der Waals surface area contributed by atoms with Crippen molar-refractivity contribution in [3.63, 3.8) is 0 Å². The van der Waals surface area contributed by atoms with Crippen LogP contribution in [0.3, 0.4) is 0 Å². The van der Waals surface area contributed by atoms with Crippen molar-refractivity contribution in [3.05, 3.63) is 59.6 Å². The fraction of sp³-hybridized carbons (Fsp3) is 0.333. The molecule has 2 N–H and O–H groups in total. The van der Waals surface area contributed by atoms with Gasteiger partial charge in [-0.1, -0.05) is 23.8 Å². The number of carbonyl (C=O) groups is 2. The monoisotopic (exact) mass is 364 g/mol. The molecule has 0 spiro atoms. The maximum atomic E-state index is 12.2. The van der Waals surface area contributed by atoms with Crippen LogP contribution in [0.4, 0.5) is 11.5 Å². The average molecular weight is 364 g/mol. The molecule has 0 saturated carbocycles. The number of aromatic nitrogens is 2. The predicted molar refractivity (Wildman–Crippen MR) is 105 cm³/mol. The zero-order valence-corrected chi connectivity index (χ0v) is 15.5. The third-order valence-corrected chi connectivity index (χ3v) is 4.54. The van der Waals surface area contributed by atoms with Crippen LogP contribution in [0.25, 0.3) is 0 Å². The number of anilines is 2. The quantitative estimate of drug-likeness (QED) is 0.572. The van der Waals surface area contributed by atoms with Crippen molar-refractivity contribution < 1.29 is 9.59 Å². The van der Waals surface area contributed by atoms with E-state index in [1.165, 1.54) is 37.7 Å². The topological polar surface area (TPSA) is 84.0 Å². The lowest BCUT2D eigenvalue weighted by Gasteiger charge is -2.12. The van der Waals surface area contributed by atoms with Crippen molar-refractivity contribution in [2.24, 2.45) is 0 Å². The van der Waals surface area contributed by atoms with Crippen LogP contribution < -0.4 is 10.6 Å². The minimum atomic E-state index is -0.218. The first kappa shape index (κ1) is 18.8. The molecule has 1 aliphatic rings. The van der Waals surface area contributed by atoms with Crippen molar-refractivity contribution in [2.75, 3.05) is 11.9 Å². The third kappa shape index (κ3) is 5.48. The van der Waals surface area contributed by atoms with Crippen LogP contribution in [-0.2, 0) is 0 Å². The second-order valence-corrected chi connectivity index (χ2v) is 6.66. The number of benzene rings is 1. The van der Waals surface area contributed by atoms with E-state index in [9.17, 15) is 9.59 Å². The molecule has 6 nitrogen and oxygen atoms in total. The minimum absolute atomic E-state index is 0.000688. The zero-order chi connectivity index (χ0) is 19.1. The van der Waals surface area contributed by atoms with Crippen LogP contribution in [0.2, 0.25) is 0 Å². The first-order valence-corrected chi connectivity index (χ1v) is 9.28. The Balaban J connectivity index is 1.53. The van der Waals surface area contributed by atoms with Crippen LogP contribution in [-0.4, -0.2) is 28.2 Å². The summed E-state index contributed by atoms with van der Waals surface area (Å²) >= 11 is 0. The molecule has 1 aliphatic carbocycles. The number of allylic oxidation sites excluding steroid dienone is 1. The van der Waals surface area contributed by atoms with Gasteiger partial charge in [-0.15, -0.1) is 0 Å². The summed E-state index contributed by atoms with van der Waals surface area (Å²) in [6, 6.07) is 7.16. The molecule has 1 aromatic carbocycles. The largest absolute Gasteiger partial charge is 0.350 e. The highest BCUT2D eigenvalue weighted by atomic mass is 16.1. The number of hydrogen-bond acceptors (Lipinski definition) is 5. The smallest absolute Gasteiger partial charge is 0.271 e. The Labute approximate surface area is 159 Å². The van der Waals surface area contributed by atoms with Crippen molar-refractivity contribution in [1.82, 2.24) is 15.3 Å². The van der Waals surface area contributed by atoms with E-state index in [0.717, 1.165) is 24.9 Å². The molecule has 140 valence electrons. The normalized spacial score (nSPS) is 13.6. The molecule has 0 atom stereocenters. The molecule has 0 saturated heterocycles. The summed E-state index contributed by atoms with van der Waals surface area (Å²) in [6.07, 6.45) is 11.0. The summed E-state index contributed by atoms with van der Waals surface area (Å²) < 4.78 is 0. The Kier molecular flexibility index (Phi) is 6.30. The van der Waals surface area contributed by atoms with Crippen LogP contribution >= 0.6 is 0 Å². The van der Waals surface area contributed by atoms with Gasteiger partial charge in [-0.05, 0) is 51.2 Å². The number of hydrogen-bond donors (Lipinski definition) is 2. The molecule has 6 heteroatoms. The van der Waals surface area contributed by atoms with Crippen LogP contribution in [0.5, 0.6) is 0 Å². The summed E-state index contributed by atoms with van der Waals surface area (Å²) in [6.45, 7) is 2.14. The Morgan fingerprint density at radius 1 is 1.15 bits per heavy atom. The maximum absolute atomic E-state index is 12.2. The number of nitrogens with zero attached hydrogens (tertiary/aromatic N) is 2. The SMILES string of the molecule is CC(=O)c1cccc(Nc2cnc(C(=O)NCCC3=CCCCC3)cn2)c1. The Morgan fingerprint density at radius 2 is 2.04 bits per heavy atom. The van der Waals surface area contributed by atoms with E-state index in [1.54, 1.807) is 18.2 Å². The van der Waals surface area contributed by atoms with E-state index in [1.807, 2.05) is 6.07 Å². The molecular weight excluding hydrogens is 340 g/mol. The van der Waals surface area contributed by atoms with Gasteiger partial charge in [0, 0.05) is 17.8 Å². The van der Waals surface area contributed by atoms with Crippen molar-refractivity contribution in [3.8, 4) is 0 Å². The summed E-state index contributed by atoms with van der Waals surface area (Å²) in [5.74, 6) is 0.296. The van der Waals surface area contributed by atoms with E-state index in [-0.39, 0.29) is 17.4 Å². The molecule has 2 aromatic rings. The van der Waals surface area contributed by atoms with Gasteiger partial charge >= 0.3 is 0 Å². The summed E-state index contributed by atoms with van der Waals surface area (Å²) in [5, 5.41) is 5.98. The minimum Gasteiger partial charge on any atom is -0.350 e. The van der Waals surface area contributed by atoms with Gasteiger partial charge in [0.2, 0.25) is 0 Å².